The standard InChI is InChI=1S/C19H25N3O2/c1-3-22(4-2)18(24)19(10-11-19)17(23)20-12-9-14-13-21-16-8-6-5-7-15(14)16/h5-8,13,21H,3-4,9-12H2,1-2H3,(H,20,23). The van der Waals surface area contributed by atoms with Gasteiger partial charge in [0.25, 0.3) is 0 Å². The summed E-state index contributed by atoms with van der Waals surface area (Å²) in [6.07, 6.45) is 4.08. The van der Waals surface area contributed by atoms with Crippen LogP contribution in [-0.4, -0.2) is 41.3 Å². The van der Waals surface area contributed by atoms with Gasteiger partial charge in [-0.25, -0.2) is 0 Å². The lowest BCUT2D eigenvalue weighted by atomic mass is 10.0. The maximum absolute atomic E-state index is 12.6. The molecule has 1 aliphatic rings. The first-order valence-electron chi connectivity index (χ1n) is 8.75. The van der Waals surface area contributed by atoms with Crippen LogP contribution in [0.4, 0.5) is 0 Å². The first-order valence-corrected chi connectivity index (χ1v) is 8.75. The van der Waals surface area contributed by atoms with Crippen molar-refractivity contribution in [1.82, 2.24) is 15.2 Å². The largest absolute Gasteiger partial charge is 0.361 e. The number of hydrogen-bond acceptors (Lipinski definition) is 2. The summed E-state index contributed by atoms with van der Waals surface area (Å²) in [6.45, 7) is 5.76. The Kier molecular flexibility index (Phi) is 4.60. The Morgan fingerprint density at radius 2 is 1.92 bits per heavy atom. The van der Waals surface area contributed by atoms with Crippen LogP contribution in [-0.2, 0) is 16.0 Å². The maximum Gasteiger partial charge on any atom is 0.238 e. The van der Waals surface area contributed by atoms with Crippen molar-refractivity contribution in [2.45, 2.75) is 33.1 Å². The van der Waals surface area contributed by atoms with Gasteiger partial charge in [-0.1, -0.05) is 18.2 Å². The van der Waals surface area contributed by atoms with Crippen LogP contribution in [0.2, 0.25) is 0 Å². The average molecular weight is 327 g/mol. The molecule has 2 aromatic rings. The normalized spacial score (nSPS) is 15.2. The van der Waals surface area contributed by atoms with E-state index in [2.05, 4.69) is 16.4 Å². The number of aromatic amines is 1. The lowest BCUT2D eigenvalue weighted by Gasteiger charge is -2.24. The van der Waals surface area contributed by atoms with Crippen LogP contribution in [0.15, 0.2) is 30.5 Å². The topological polar surface area (TPSA) is 65.2 Å². The molecule has 24 heavy (non-hydrogen) atoms. The van der Waals surface area contributed by atoms with Gasteiger partial charge in [0, 0.05) is 36.7 Å². The molecule has 1 saturated carbocycles. The van der Waals surface area contributed by atoms with E-state index in [0.29, 0.717) is 32.5 Å². The Morgan fingerprint density at radius 3 is 2.58 bits per heavy atom. The molecule has 0 spiro atoms. The predicted octanol–water partition coefficient (Wildman–Crippen LogP) is 2.48. The van der Waals surface area contributed by atoms with E-state index in [1.54, 1.807) is 4.90 Å². The molecular formula is C19H25N3O2. The fraction of sp³-hybridized carbons (Fsp3) is 0.474. The third kappa shape index (κ3) is 2.90. The number of para-hydroxylation sites is 1. The second-order valence-electron chi connectivity index (χ2n) is 6.42. The van der Waals surface area contributed by atoms with Crippen molar-refractivity contribution in [1.29, 1.82) is 0 Å². The van der Waals surface area contributed by atoms with Gasteiger partial charge in [0.05, 0.1) is 0 Å². The van der Waals surface area contributed by atoms with Crippen LogP contribution < -0.4 is 5.32 Å². The summed E-state index contributed by atoms with van der Waals surface area (Å²) in [5.41, 5.74) is 1.49. The SMILES string of the molecule is CCN(CC)C(=O)C1(C(=O)NCCc2c[nH]c3ccccc23)CC1. The van der Waals surface area contributed by atoms with Crippen molar-refractivity contribution >= 4 is 22.7 Å². The molecule has 1 fully saturated rings. The average Bonchev–Trinajstić information content (AvgIpc) is 3.32. The van der Waals surface area contributed by atoms with E-state index in [9.17, 15) is 9.59 Å². The highest BCUT2D eigenvalue weighted by Crippen LogP contribution is 2.47. The van der Waals surface area contributed by atoms with E-state index in [4.69, 9.17) is 0 Å². The fourth-order valence-corrected chi connectivity index (χ4v) is 3.29. The van der Waals surface area contributed by atoms with Gasteiger partial charge in [-0.15, -0.1) is 0 Å². The Morgan fingerprint density at radius 1 is 1.21 bits per heavy atom. The summed E-state index contributed by atoms with van der Waals surface area (Å²) in [6, 6.07) is 8.13. The second-order valence-corrected chi connectivity index (χ2v) is 6.42. The molecule has 5 nitrogen and oxygen atoms in total. The van der Waals surface area contributed by atoms with E-state index in [-0.39, 0.29) is 11.8 Å². The lowest BCUT2D eigenvalue weighted by Crippen LogP contribution is -2.45. The zero-order valence-electron chi connectivity index (χ0n) is 14.4. The van der Waals surface area contributed by atoms with Crippen molar-refractivity contribution in [2.24, 2.45) is 5.41 Å². The smallest absolute Gasteiger partial charge is 0.238 e. The second kappa shape index (κ2) is 6.67. The molecule has 2 N–H and O–H groups in total. The van der Waals surface area contributed by atoms with Gasteiger partial charge in [0.15, 0.2) is 0 Å². The molecule has 0 aliphatic heterocycles. The number of nitrogens with one attached hydrogen (secondary N) is 2. The van der Waals surface area contributed by atoms with E-state index < -0.39 is 5.41 Å². The Labute approximate surface area is 142 Å². The van der Waals surface area contributed by atoms with Crippen LogP contribution in [0.5, 0.6) is 0 Å². The van der Waals surface area contributed by atoms with Gasteiger partial charge in [-0.2, -0.15) is 0 Å². The highest BCUT2D eigenvalue weighted by molar-refractivity contribution is 6.07. The third-order valence-electron chi connectivity index (χ3n) is 5.00. The monoisotopic (exact) mass is 327 g/mol. The molecule has 5 heteroatoms. The zero-order chi connectivity index (χ0) is 17.2. The highest BCUT2D eigenvalue weighted by atomic mass is 16.2. The van der Waals surface area contributed by atoms with E-state index >= 15 is 0 Å². The van der Waals surface area contributed by atoms with Crippen LogP contribution in [0.3, 0.4) is 0 Å². The molecule has 3 rings (SSSR count). The molecule has 1 heterocycles. The number of hydrogen-bond donors (Lipinski definition) is 2. The quantitative estimate of drug-likeness (QED) is 0.767. The van der Waals surface area contributed by atoms with Crippen LogP contribution in [0.25, 0.3) is 10.9 Å². The summed E-state index contributed by atoms with van der Waals surface area (Å²) in [5.74, 6) is -0.128. The van der Waals surface area contributed by atoms with Crippen LogP contribution in [0.1, 0.15) is 32.3 Å². The number of aromatic nitrogens is 1. The van der Waals surface area contributed by atoms with Crippen molar-refractivity contribution in [2.75, 3.05) is 19.6 Å². The van der Waals surface area contributed by atoms with Gasteiger partial charge >= 0.3 is 0 Å². The Balaban J connectivity index is 1.59. The summed E-state index contributed by atoms with van der Waals surface area (Å²) < 4.78 is 0. The number of benzene rings is 1. The van der Waals surface area contributed by atoms with Gasteiger partial charge in [0.1, 0.15) is 5.41 Å². The Hall–Kier alpha value is -2.30. The van der Waals surface area contributed by atoms with Crippen LogP contribution >= 0.6 is 0 Å². The van der Waals surface area contributed by atoms with Crippen molar-refractivity contribution in [3.8, 4) is 0 Å². The molecule has 0 atom stereocenters. The zero-order valence-corrected chi connectivity index (χ0v) is 14.4. The summed E-state index contributed by atoms with van der Waals surface area (Å²) >= 11 is 0. The molecule has 1 aliphatic carbocycles. The van der Waals surface area contributed by atoms with Crippen LogP contribution in [0, 0.1) is 5.41 Å². The summed E-state index contributed by atoms with van der Waals surface area (Å²) in [5, 5.41) is 4.16. The minimum Gasteiger partial charge on any atom is -0.361 e. The van der Waals surface area contributed by atoms with Gasteiger partial charge in [0.2, 0.25) is 11.8 Å². The molecule has 0 unspecified atom stereocenters. The number of carbonyl (C=O) groups excluding carboxylic acids is 2. The first-order chi connectivity index (χ1) is 11.6. The number of carbonyl (C=O) groups is 2. The minimum atomic E-state index is -0.799. The minimum absolute atomic E-state index is 0.0166. The van der Waals surface area contributed by atoms with E-state index in [1.165, 1.54) is 10.9 Å². The van der Waals surface area contributed by atoms with E-state index in [1.807, 2.05) is 38.2 Å². The molecule has 1 aromatic heterocycles. The predicted molar refractivity (Wildman–Crippen MR) is 94.6 cm³/mol. The molecule has 0 saturated heterocycles. The summed E-state index contributed by atoms with van der Waals surface area (Å²) in [4.78, 5) is 30.1. The molecule has 0 bridgehead atoms. The maximum atomic E-state index is 12.6. The number of fused-ring (bicyclic) bond motifs is 1. The molecule has 0 radical (unpaired) electrons. The van der Waals surface area contributed by atoms with Gasteiger partial charge in [-0.3, -0.25) is 9.59 Å². The van der Waals surface area contributed by atoms with Gasteiger partial charge < -0.3 is 15.2 Å². The fourth-order valence-electron chi connectivity index (χ4n) is 3.29. The highest BCUT2D eigenvalue weighted by Gasteiger charge is 2.57. The van der Waals surface area contributed by atoms with Crippen molar-refractivity contribution in [3.63, 3.8) is 0 Å². The number of amides is 2. The first kappa shape index (κ1) is 16.6. The van der Waals surface area contributed by atoms with Crippen molar-refractivity contribution in [3.05, 3.63) is 36.0 Å². The lowest BCUT2D eigenvalue weighted by molar-refractivity contribution is -0.143. The number of nitrogens with zero attached hydrogens (tertiary/aromatic N) is 1. The van der Waals surface area contributed by atoms with Gasteiger partial charge in [-0.05, 0) is 44.7 Å². The van der Waals surface area contributed by atoms with Crippen molar-refractivity contribution < 1.29 is 9.59 Å². The third-order valence-corrected chi connectivity index (χ3v) is 5.00. The number of H-pyrrole nitrogens is 1. The Bertz CT molecular complexity index is 742. The van der Waals surface area contributed by atoms with E-state index in [0.717, 1.165) is 11.9 Å². The molecule has 2 amide bonds. The number of rotatable bonds is 7. The molecule has 1 aromatic carbocycles. The molecule has 128 valence electrons. The summed E-state index contributed by atoms with van der Waals surface area (Å²) in [7, 11) is 0. The molecular weight excluding hydrogens is 302 g/mol.